The van der Waals surface area contributed by atoms with E-state index in [0.29, 0.717) is 19.3 Å². The zero-order chi connectivity index (χ0) is 18.9. The minimum atomic E-state index is -0.608. The van der Waals surface area contributed by atoms with E-state index in [1.165, 1.54) is 7.11 Å². The third-order valence-corrected chi connectivity index (χ3v) is 5.25. The van der Waals surface area contributed by atoms with Gasteiger partial charge in [-0.05, 0) is 31.8 Å². The fourth-order valence-corrected chi connectivity index (χ4v) is 3.74. The number of aliphatic hydroxyl groups excluding tert-OH is 2. The molecule has 5 atom stereocenters. The van der Waals surface area contributed by atoms with Gasteiger partial charge in [-0.3, -0.25) is 4.79 Å². The van der Waals surface area contributed by atoms with Crippen molar-refractivity contribution >= 4 is 5.97 Å². The summed E-state index contributed by atoms with van der Waals surface area (Å²) in [4.78, 5) is 11.1. The first kappa shape index (κ1) is 20.8. The van der Waals surface area contributed by atoms with E-state index in [1.807, 2.05) is 6.08 Å². The van der Waals surface area contributed by atoms with Crippen LogP contribution in [0.1, 0.15) is 64.7 Å². The van der Waals surface area contributed by atoms with Crippen LogP contribution in [-0.4, -0.2) is 41.6 Å². The van der Waals surface area contributed by atoms with Crippen molar-refractivity contribution in [2.45, 2.75) is 83.0 Å². The van der Waals surface area contributed by atoms with Crippen LogP contribution in [0.15, 0.2) is 11.8 Å². The Morgan fingerprint density at radius 2 is 2.23 bits per heavy atom. The third-order valence-electron chi connectivity index (χ3n) is 5.25. The number of esters is 1. The Balaban J connectivity index is 1.83. The van der Waals surface area contributed by atoms with Gasteiger partial charge in [0, 0.05) is 25.2 Å². The SMILES string of the molecule is CCCCC[C@H](O)C#C[C@@H]1[C@H]2C/C(=C/CCCC(=O)OC)O[C@H]2C[C@H]1O. The summed E-state index contributed by atoms with van der Waals surface area (Å²) in [7, 11) is 1.40. The van der Waals surface area contributed by atoms with Gasteiger partial charge in [0.2, 0.25) is 0 Å². The molecule has 1 aliphatic carbocycles. The lowest BCUT2D eigenvalue weighted by Crippen LogP contribution is -2.18. The first-order valence-electron chi connectivity index (χ1n) is 9.84. The Labute approximate surface area is 156 Å². The molecular formula is C21H32O5. The molecule has 5 heteroatoms. The molecule has 0 amide bonds. The Morgan fingerprint density at radius 3 is 2.96 bits per heavy atom. The number of hydrogen-bond acceptors (Lipinski definition) is 5. The summed E-state index contributed by atoms with van der Waals surface area (Å²) in [6, 6.07) is 0. The Morgan fingerprint density at radius 1 is 1.42 bits per heavy atom. The standard InChI is InChI=1S/C21H32O5/c1-3-4-5-8-15(22)11-12-17-18-13-16(26-20(18)14-19(17)23)9-6-7-10-21(24)25-2/h9,15,17-20,22-23H,3-8,10,13-14H2,1-2H3/b16-9-/t15-,17+,18+,19+,20-/m0/s1. The predicted octanol–water partition coefficient (Wildman–Crippen LogP) is 2.94. The van der Waals surface area contributed by atoms with Crippen LogP contribution < -0.4 is 0 Å². The fraction of sp³-hybridized carbons (Fsp3) is 0.762. The minimum Gasteiger partial charge on any atom is -0.495 e. The first-order valence-corrected chi connectivity index (χ1v) is 9.84. The molecule has 2 N–H and O–H groups in total. The lowest BCUT2D eigenvalue weighted by atomic mass is 9.91. The molecule has 0 unspecified atom stereocenters. The van der Waals surface area contributed by atoms with Gasteiger partial charge in [0.25, 0.3) is 0 Å². The maximum absolute atomic E-state index is 11.1. The average Bonchev–Trinajstić information content (AvgIpc) is 3.13. The molecule has 0 spiro atoms. The van der Waals surface area contributed by atoms with E-state index in [9.17, 15) is 15.0 Å². The molecule has 0 aromatic carbocycles. The minimum absolute atomic E-state index is 0.00777. The Kier molecular flexibility index (Phi) is 8.47. The van der Waals surface area contributed by atoms with E-state index >= 15 is 0 Å². The Hall–Kier alpha value is -1.51. The molecule has 146 valence electrons. The second kappa shape index (κ2) is 10.6. The number of unbranched alkanes of at least 4 members (excludes halogenated alkanes) is 3. The molecule has 0 radical (unpaired) electrons. The third kappa shape index (κ3) is 6.03. The van der Waals surface area contributed by atoms with E-state index in [0.717, 1.165) is 44.3 Å². The topological polar surface area (TPSA) is 76.0 Å². The smallest absolute Gasteiger partial charge is 0.305 e. The van der Waals surface area contributed by atoms with Gasteiger partial charge in [-0.1, -0.05) is 31.6 Å². The zero-order valence-corrected chi connectivity index (χ0v) is 15.9. The number of carbonyl (C=O) groups is 1. The molecule has 26 heavy (non-hydrogen) atoms. The van der Waals surface area contributed by atoms with Crippen molar-refractivity contribution in [3.63, 3.8) is 0 Å². The van der Waals surface area contributed by atoms with Gasteiger partial charge in [-0.2, -0.15) is 0 Å². The van der Waals surface area contributed by atoms with Crippen molar-refractivity contribution in [3.05, 3.63) is 11.8 Å². The number of hydrogen-bond donors (Lipinski definition) is 2. The highest BCUT2D eigenvalue weighted by Gasteiger charge is 2.47. The monoisotopic (exact) mass is 364 g/mol. The summed E-state index contributed by atoms with van der Waals surface area (Å²) in [6.45, 7) is 2.13. The average molecular weight is 364 g/mol. The second-order valence-electron chi connectivity index (χ2n) is 7.29. The van der Waals surface area contributed by atoms with Crippen LogP contribution in [-0.2, 0) is 14.3 Å². The normalized spacial score (nSPS) is 29.6. The number of rotatable bonds is 8. The maximum Gasteiger partial charge on any atom is 0.305 e. The van der Waals surface area contributed by atoms with Crippen molar-refractivity contribution in [1.82, 2.24) is 0 Å². The van der Waals surface area contributed by atoms with E-state index in [1.54, 1.807) is 0 Å². The van der Waals surface area contributed by atoms with Gasteiger partial charge in [-0.15, -0.1) is 0 Å². The summed E-state index contributed by atoms with van der Waals surface area (Å²) in [5, 5.41) is 20.3. The zero-order valence-electron chi connectivity index (χ0n) is 15.9. The van der Waals surface area contributed by atoms with Gasteiger partial charge in [0.15, 0.2) is 0 Å². The predicted molar refractivity (Wildman–Crippen MR) is 99.0 cm³/mol. The molecule has 5 nitrogen and oxygen atoms in total. The summed E-state index contributed by atoms with van der Waals surface area (Å²) in [5.41, 5.74) is 0. The largest absolute Gasteiger partial charge is 0.495 e. The number of aliphatic hydroxyl groups is 2. The van der Waals surface area contributed by atoms with Gasteiger partial charge in [0.1, 0.15) is 12.2 Å². The van der Waals surface area contributed by atoms with E-state index in [2.05, 4.69) is 23.5 Å². The highest BCUT2D eigenvalue weighted by atomic mass is 16.5. The lowest BCUT2D eigenvalue weighted by molar-refractivity contribution is -0.140. The molecule has 0 bridgehead atoms. The molecule has 1 saturated carbocycles. The molecule has 2 aliphatic rings. The number of fused-ring (bicyclic) bond motifs is 1. The highest BCUT2D eigenvalue weighted by Crippen LogP contribution is 2.44. The lowest BCUT2D eigenvalue weighted by Gasteiger charge is -2.13. The molecule has 0 aromatic heterocycles. The maximum atomic E-state index is 11.1. The van der Waals surface area contributed by atoms with Crippen molar-refractivity contribution in [2.75, 3.05) is 7.11 Å². The molecule has 1 saturated heterocycles. The van der Waals surface area contributed by atoms with Crippen molar-refractivity contribution < 1.29 is 24.5 Å². The van der Waals surface area contributed by atoms with Crippen LogP contribution in [0.4, 0.5) is 0 Å². The van der Waals surface area contributed by atoms with Crippen LogP contribution in [0, 0.1) is 23.7 Å². The summed E-state index contributed by atoms with van der Waals surface area (Å²) in [5.74, 6) is 6.85. The highest BCUT2D eigenvalue weighted by molar-refractivity contribution is 5.69. The van der Waals surface area contributed by atoms with Crippen molar-refractivity contribution in [1.29, 1.82) is 0 Å². The van der Waals surface area contributed by atoms with Crippen LogP contribution in [0.3, 0.4) is 0 Å². The van der Waals surface area contributed by atoms with Gasteiger partial charge in [-0.25, -0.2) is 0 Å². The van der Waals surface area contributed by atoms with Crippen molar-refractivity contribution in [3.8, 4) is 11.8 Å². The van der Waals surface area contributed by atoms with Gasteiger partial charge >= 0.3 is 5.97 Å². The van der Waals surface area contributed by atoms with E-state index in [4.69, 9.17) is 4.74 Å². The number of allylic oxidation sites excluding steroid dienone is 2. The second-order valence-corrected chi connectivity index (χ2v) is 7.29. The first-order chi connectivity index (χ1) is 12.5. The van der Waals surface area contributed by atoms with Gasteiger partial charge < -0.3 is 19.7 Å². The summed E-state index contributed by atoms with van der Waals surface area (Å²) < 4.78 is 10.6. The van der Waals surface area contributed by atoms with Gasteiger partial charge in [0.05, 0.1) is 24.9 Å². The molecule has 1 heterocycles. The molecule has 2 rings (SSSR count). The number of carbonyl (C=O) groups excluding carboxylic acids is 1. The van der Waals surface area contributed by atoms with Crippen LogP contribution in [0.25, 0.3) is 0 Å². The quantitative estimate of drug-likeness (QED) is 0.393. The molecular weight excluding hydrogens is 332 g/mol. The van der Waals surface area contributed by atoms with Crippen LogP contribution >= 0.6 is 0 Å². The molecule has 2 fully saturated rings. The van der Waals surface area contributed by atoms with Crippen molar-refractivity contribution in [2.24, 2.45) is 11.8 Å². The Bertz CT molecular complexity index is 544. The number of ether oxygens (including phenoxy) is 2. The summed E-state index contributed by atoms with van der Waals surface area (Å²) in [6.07, 6.45) is 8.15. The molecule has 1 aliphatic heterocycles. The fourth-order valence-electron chi connectivity index (χ4n) is 3.74. The molecule has 0 aromatic rings. The van der Waals surface area contributed by atoms with E-state index in [-0.39, 0.29) is 23.9 Å². The van der Waals surface area contributed by atoms with E-state index < -0.39 is 12.2 Å². The van der Waals surface area contributed by atoms with Crippen LogP contribution in [0.5, 0.6) is 0 Å². The van der Waals surface area contributed by atoms with Crippen LogP contribution in [0.2, 0.25) is 0 Å². The summed E-state index contributed by atoms with van der Waals surface area (Å²) >= 11 is 0. The number of methoxy groups -OCH3 is 1.